The molecule has 2 N–H and O–H groups in total. The number of rotatable bonds is 5. The minimum absolute atomic E-state index is 0. The van der Waals surface area contributed by atoms with Crippen LogP contribution in [0, 0.1) is 15.9 Å². The average molecular weight is 429 g/mol. The third-order valence-corrected chi connectivity index (χ3v) is 4.84. The van der Waals surface area contributed by atoms with Gasteiger partial charge in [-0.25, -0.2) is 9.37 Å². The van der Waals surface area contributed by atoms with E-state index in [-0.39, 0.29) is 41.1 Å². The Morgan fingerprint density at radius 2 is 1.86 bits per heavy atom. The summed E-state index contributed by atoms with van der Waals surface area (Å²) in [5.74, 6) is -0.374. The van der Waals surface area contributed by atoms with Gasteiger partial charge in [0, 0.05) is 29.9 Å². The van der Waals surface area contributed by atoms with Crippen molar-refractivity contribution >= 4 is 41.4 Å². The Bertz CT molecular complexity index is 860. The van der Waals surface area contributed by atoms with Crippen LogP contribution < -0.4 is 10.6 Å². The lowest BCUT2D eigenvalue weighted by atomic mass is 9.91. The Kier molecular flexibility index (Phi) is 7.53. The number of pyridine rings is 1. The first-order chi connectivity index (χ1) is 12.9. The van der Waals surface area contributed by atoms with Gasteiger partial charge in [0.15, 0.2) is 0 Å². The minimum Gasteiger partial charge on any atom is -0.367 e. The number of amides is 1. The first-order valence-electron chi connectivity index (χ1n) is 8.55. The van der Waals surface area contributed by atoms with E-state index < -0.39 is 10.7 Å². The van der Waals surface area contributed by atoms with E-state index in [2.05, 4.69) is 15.6 Å². The number of carbonyl (C=O) groups excluding carboxylic acids is 1. The number of hydrogen-bond donors (Lipinski definition) is 2. The predicted octanol–water partition coefficient (Wildman–Crippen LogP) is 4.36. The number of halogens is 3. The number of nitrogens with one attached hydrogen (secondary N) is 2. The molecule has 10 heteroatoms. The van der Waals surface area contributed by atoms with Gasteiger partial charge in [-0.2, -0.15) is 0 Å². The second-order valence-corrected chi connectivity index (χ2v) is 6.86. The van der Waals surface area contributed by atoms with Crippen molar-refractivity contribution in [3.8, 4) is 0 Å². The van der Waals surface area contributed by atoms with E-state index in [0.29, 0.717) is 11.4 Å². The van der Waals surface area contributed by atoms with Gasteiger partial charge in [0.1, 0.15) is 11.6 Å². The molecule has 0 atom stereocenters. The third kappa shape index (κ3) is 5.53. The summed E-state index contributed by atoms with van der Waals surface area (Å²) in [6.45, 7) is 0. The maximum atomic E-state index is 13.2. The molecule has 150 valence electrons. The van der Waals surface area contributed by atoms with Crippen molar-refractivity contribution in [3.05, 3.63) is 63.0 Å². The molecule has 1 saturated carbocycles. The van der Waals surface area contributed by atoms with E-state index in [1.165, 1.54) is 36.5 Å². The third-order valence-electron chi connectivity index (χ3n) is 4.55. The van der Waals surface area contributed by atoms with E-state index in [9.17, 15) is 19.3 Å². The van der Waals surface area contributed by atoms with Crippen molar-refractivity contribution < 1.29 is 14.1 Å². The number of benzene rings is 1. The zero-order chi connectivity index (χ0) is 19.4. The zero-order valence-corrected chi connectivity index (χ0v) is 16.3. The van der Waals surface area contributed by atoms with Gasteiger partial charge in [-0.1, -0.05) is 11.6 Å². The van der Waals surface area contributed by atoms with Crippen LogP contribution in [-0.4, -0.2) is 27.9 Å². The van der Waals surface area contributed by atoms with Crippen LogP contribution in [0.1, 0.15) is 36.0 Å². The van der Waals surface area contributed by atoms with Gasteiger partial charge < -0.3 is 10.6 Å². The van der Waals surface area contributed by atoms with Crippen LogP contribution in [0.25, 0.3) is 0 Å². The molecular weight excluding hydrogens is 410 g/mol. The molecule has 3 rings (SSSR count). The first kappa shape index (κ1) is 21.8. The Morgan fingerprint density at radius 1 is 1.18 bits per heavy atom. The lowest BCUT2D eigenvalue weighted by Gasteiger charge is -2.30. The second-order valence-electron chi connectivity index (χ2n) is 6.45. The largest absolute Gasteiger partial charge is 0.367 e. The quantitative estimate of drug-likeness (QED) is 0.544. The van der Waals surface area contributed by atoms with E-state index >= 15 is 0 Å². The molecule has 1 aromatic carbocycles. The standard InChI is InChI=1S/C18H18ClFN4O3.ClH/c19-15-9-11(1-6-16(15)20)18(25)23-13-4-2-12(3-5-13)22-17-10-14(24(26)27)7-8-21-17;/h1,6-10,12-13H,2-5H2,(H,21,22)(H,23,25);1H. The Labute approximate surface area is 172 Å². The van der Waals surface area contributed by atoms with Gasteiger partial charge in [0.25, 0.3) is 11.6 Å². The molecular formula is C18H19Cl2FN4O3. The van der Waals surface area contributed by atoms with Gasteiger partial charge in [0.05, 0.1) is 16.0 Å². The summed E-state index contributed by atoms with van der Waals surface area (Å²) in [6.07, 6.45) is 4.50. The number of carbonyl (C=O) groups is 1. The molecule has 7 nitrogen and oxygen atoms in total. The molecule has 0 unspecified atom stereocenters. The normalized spacial score (nSPS) is 18.6. The van der Waals surface area contributed by atoms with Crippen LogP contribution in [0.2, 0.25) is 5.02 Å². The summed E-state index contributed by atoms with van der Waals surface area (Å²) in [7, 11) is 0. The number of nitro groups is 1. The summed E-state index contributed by atoms with van der Waals surface area (Å²) in [5.41, 5.74) is 0.314. The van der Waals surface area contributed by atoms with E-state index in [1.54, 1.807) is 0 Å². The minimum atomic E-state index is -0.561. The highest BCUT2D eigenvalue weighted by Gasteiger charge is 2.23. The molecule has 1 amide bonds. The van der Waals surface area contributed by atoms with E-state index in [4.69, 9.17) is 11.6 Å². The molecule has 0 spiro atoms. The molecule has 1 fully saturated rings. The van der Waals surface area contributed by atoms with Crippen LogP contribution in [0.4, 0.5) is 15.9 Å². The highest BCUT2D eigenvalue weighted by Crippen LogP contribution is 2.24. The van der Waals surface area contributed by atoms with Crippen molar-refractivity contribution in [2.45, 2.75) is 37.8 Å². The van der Waals surface area contributed by atoms with Crippen LogP contribution in [0.15, 0.2) is 36.5 Å². The van der Waals surface area contributed by atoms with Gasteiger partial charge in [-0.15, -0.1) is 12.4 Å². The SMILES string of the molecule is Cl.O=C(NC1CCC(Nc2cc([N+](=O)[O-])ccn2)CC1)c1ccc(F)c(Cl)c1. The second kappa shape index (κ2) is 9.66. The molecule has 0 saturated heterocycles. The Morgan fingerprint density at radius 3 is 2.50 bits per heavy atom. The van der Waals surface area contributed by atoms with E-state index in [1.807, 2.05) is 0 Å². The van der Waals surface area contributed by atoms with E-state index in [0.717, 1.165) is 25.7 Å². The summed E-state index contributed by atoms with van der Waals surface area (Å²) in [6, 6.07) is 6.78. The van der Waals surface area contributed by atoms with Crippen molar-refractivity contribution in [1.29, 1.82) is 0 Å². The average Bonchev–Trinajstić information content (AvgIpc) is 2.65. The number of anilines is 1. The molecule has 1 aliphatic carbocycles. The maximum absolute atomic E-state index is 13.2. The monoisotopic (exact) mass is 428 g/mol. The van der Waals surface area contributed by atoms with Gasteiger partial charge in [-0.3, -0.25) is 14.9 Å². The maximum Gasteiger partial charge on any atom is 0.274 e. The number of aromatic nitrogens is 1. The molecule has 0 aliphatic heterocycles. The van der Waals surface area contributed by atoms with Crippen molar-refractivity contribution in [2.75, 3.05) is 5.32 Å². The van der Waals surface area contributed by atoms with Gasteiger partial charge in [0.2, 0.25) is 0 Å². The lowest BCUT2D eigenvalue weighted by molar-refractivity contribution is -0.384. The Hall–Kier alpha value is -2.45. The molecule has 0 radical (unpaired) electrons. The van der Waals surface area contributed by atoms with Crippen LogP contribution in [0.3, 0.4) is 0 Å². The molecule has 1 aliphatic rings. The molecule has 0 bridgehead atoms. The summed E-state index contributed by atoms with van der Waals surface area (Å²) >= 11 is 5.72. The molecule has 1 aromatic heterocycles. The van der Waals surface area contributed by atoms with Crippen molar-refractivity contribution in [2.24, 2.45) is 0 Å². The molecule has 2 aromatic rings. The topological polar surface area (TPSA) is 97.2 Å². The van der Waals surface area contributed by atoms with Crippen molar-refractivity contribution in [3.63, 3.8) is 0 Å². The first-order valence-corrected chi connectivity index (χ1v) is 8.93. The fourth-order valence-electron chi connectivity index (χ4n) is 3.11. The predicted molar refractivity (Wildman–Crippen MR) is 107 cm³/mol. The van der Waals surface area contributed by atoms with Crippen LogP contribution in [0.5, 0.6) is 0 Å². The zero-order valence-electron chi connectivity index (χ0n) is 14.7. The van der Waals surface area contributed by atoms with Crippen molar-refractivity contribution in [1.82, 2.24) is 10.3 Å². The fraction of sp³-hybridized carbons (Fsp3) is 0.333. The molecule has 28 heavy (non-hydrogen) atoms. The summed E-state index contributed by atoms with van der Waals surface area (Å²) in [5, 5.41) is 16.9. The van der Waals surface area contributed by atoms with Gasteiger partial charge in [-0.05, 0) is 43.9 Å². The number of nitrogens with zero attached hydrogens (tertiary/aromatic N) is 2. The highest BCUT2D eigenvalue weighted by atomic mass is 35.5. The fourth-order valence-corrected chi connectivity index (χ4v) is 3.29. The summed E-state index contributed by atoms with van der Waals surface area (Å²) in [4.78, 5) is 26.7. The van der Waals surface area contributed by atoms with Gasteiger partial charge >= 0.3 is 0 Å². The molecule has 1 heterocycles. The van der Waals surface area contributed by atoms with Crippen LogP contribution >= 0.6 is 24.0 Å². The highest BCUT2D eigenvalue weighted by molar-refractivity contribution is 6.31. The summed E-state index contributed by atoms with van der Waals surface area (Å²) < 4.78 is 13.2. The Balaban J connectivity index is 0.00000280. The number of hydrogen-bond acceptors (Lipinski definition) is 5. The van der Waals surface area contributed by atoms with Crippen LogP contribution in [-0.2, 0) is 0 Å². The lowest BCUT2D eigenvalue weighted by Crippen LogP contribution is -2.40. The smallest absolute Gasteiger partial charge is 0.274 e.